The Balaban J connectivity index is 1.58. The molecule has 0 radical (unpaired) electrons. The number of hydrogen-bond donors (Lipinski definition) is 2. The third kappa shape index (κ3) is 8.05. The molecule has 2 N–H and O–H groups in total. The predicted octanol–water partition coefficient (Wildman–Crippen LogP) is 5.19. The Morgan fingerprint density at radius 2 is 1.69 bits per heavy atom. The second-order valence-corrected chi connectivity index (χ2v) is 9.22. The molecule has 2 amide bonds. The van der Waals surface area contributed by atoms with Crippen LogP contribution in [0.25, 0.3) is 16.9 Å². The summed E-state index contributed by atoms with van der Waals surface area (Å²) in [6.07, 6.45) is 2.22. The third-order valence-electron chi connectivity index (χ3n) is 6.29. The van der Waals surface area contributed by atoms with Crippen molar-refractivity contribution in [2.75, 3.05) is 25.0 Å². The summed E-state index contributed by atoms with van der Waals surface area (Å²) >= 11 is 0. The molecule has 7 nitrogen and oxygen atoms in total. The lowest BCUT2D eigenvalue weighted by atomic mass is 10.1. The second kappa shape index (κ2) is 13.6. The van der Waals surface area contributed by atoms with Crippen LogP contribution in [0.4, 0.5) is 5.82 Å². The number of hydrogen-bond acceptors (Lipinski definition) is 4. The first-order valence-electron chi connectivity index (χ1n) is 12.9. The smallest absolute Gasteiger partial charge is 0.226 e. The van der Waals surface area contributed by atoms with Gasteiger partial charge in [0.05, 0.1) is 11.4 Å². The Hall–Kier alpha value is -3.45. The van der Waals surface area contributed by atoms with Gasteiger partial charge in [-0.15, -0.1) is 0 Å². The summed E-state index contributed by atoms with van der Waals surface area (Å²) in [4.78, 5) is 27.6. The van der Waals surface area contributed by atoms with Gasteiger partial charge < -0.3 is 15.5 Å². The molecule has 3 aromatic rings. The van der Waals surface area contributed by atoms with E-state index in [1.807, 2.05) is 74.5 Å². The van der Waals surface area contributed by atoms with Crippen LogP contribution in [-0.4, -0.2) is 52.2 Å². The second-order valence-electron chi connectivity index (χ2n) is 9.22. The molecule has 0 aliphatic rings. The number of rotatable bonds is 13. The summed E-state index contributed by atoms with van der Waals surface area (Å²) in [6.45, 7) is 11.5. The van der Waals surface area contributed by atoms with Gasteiger partial charge in [-0.2, -0.15) is 5.10 Å². The first-order valence-corrected chi connectivity index (χ1v) is 12.9. The van der Waals surface area contributed by atoms with Crippen molar-refractivity contribution in [1.82, 2.24) is 20.0 Å². The zero-order valence-electron chi connectivity index (χ0n) is 22.0. The predicted molar refractivity (Wildman–Crippen MR) is 146 cm³/mol. The van der Waals surface area contributed by atoms with Gasteiger partial charge in [-0.05, 0) is 64.0 Å². The molecule has 0 bridgehead atoms. The molecule has 192 valence electrons. The standard InChI is InChI=1S/C29H39N5O2/c1-5-33(6-2)19-11-13-23(4)30-28(35)17-18-29(36)31-27-21-26(24-14-8-7-9-15-24)32-34(27)25-16-10-12-22(3)20-25/h7-10,12,14-16,20-21,23H,5-6,11,13,17-19H2,1-4H3,(H,30,35)(H,31,36). The Labute approximate surface area is 214 Å². The lowest BCUT2D eigenvalue weighted by molar-refractivity contribution is -0.124. The van der Waals surface area contributed by atoms with Crippen LogP contribution in [0.1, 0.15) is 52.0 Å². The molecule has 1 atom stereocenters. The quantitative estimate of drug-likeness (QED) is 0.346. The van der Waals surface area contributed by atoms with Gasteiger partial charge in [-0.25, -0.2) is 4.68 Å². The average Bonchev–Trinajstić information content (AvgIpc) is 3.29. The molecule has 1 heterocycles. The van der Waals surface area contributed by atoms with Crippen LogP contribution >= 0.6 is 0 Å². The topological polar surface area (TPSA) is 79.3 Å². The number of aromatic nitrogens is 2. The lowest BCUT2D eigenvalue weighted by Gasteiger charge is -2.19. The van der Waals surface area contributed by atoms with Crippen LogP contribution < -0.4 is 10.6 Å². The van der Waals surface area contributed by atoms with Crippen molar-refractivity contribution in [2.45, 2.75) is 59.4 Å². The first kappa shape index (κ1) is 27.1. The molecule has 0 fully saturated rings. The van der Waals surface area contributed by atoms with Crippen LogP contribution in [0, 0.1) is 6.92 Å². The summed E-state index contributed by atoms with van der Waals surface area (Å²) in [5.41, 5.74) is 3.70. The van der Waals surface area contributed by atoms with Gasteiger partial charge in [0.15, 0.2) is 0 Å². The molecule has 0 aliphatic carbocycles. The largest absolute Gasteiger partial charge is 0.354 e. The molecule has 7 heteroatoms. The highest BCUT2D eigenvalue weighted by Gasteiger charge is 2.16. The van der Waals surface area contributed by atoms with Crippen LogP contribution in [0.15, 0.2) is 60.7 Å². The van der Waals surface area contributed by atoms with Crippen molar-refractivity contribution >= 4 is 17.6 Å². The van der Waals surface area contributed by atoms with Crippen molar-refractivity contribution in [3.63, 3.8) is 0 Å². The van der Waals surface area contributed by atoms with E-state index >= 15 is 0 Å². The molecular weight excluding hydrogens is 450 g/mol. The van der Waals surface area contributed by atoms with Crippen LogP contribution in [0.5, 0.6) is 0 Å². The number of carbonyl (C=O) groups excluding carboxylic acids is 2. The van der Waals surface area contributed by atoms with Crippen molar-refractivity contribution in [3.8, 4) is 16.9 Å². The molecule has 2 aromatic carbocycles. The maximum atomic E-state index is 12.8. The number of carbonyl (C=O) groups is 2. The SMILES string of the molecule is CCN(CC)CCCC(C)NC(=O)CCC(=O)Nc1cc(-c2ccccc2)nn1-c1cccc(C)c1. The molecule has 0 saturated carbocycles. The maximum absolute atomic E-state index is 12.8. The summed E-state index contributed by atoms with van der Waals surface area (Å²) in [6, 6.07) is 19.8. The monoisotopic (exact) mass is 489 g/mol. The number of nitrogens with zero attached hydrogens (tertiary/aromatic N) is 3. The average molecular weight is 490 g/mol. The maximum Gasteiger partial charge on any atom is 0.226 e. The molecule has 0 saturated heterocycles. The molecule has 0 spiro atoms. The lowest BCUT2D eigenvalue weighted by Crippen LogP contribution is -2.34. The van der Waals surface area contributed by atoms with E-state index in [0.717, 1.165) is 55.0 Å². The molecule has 3 rings (SSSR count). The Morgan fingerprint density at radius 1 is 0.972 bits per heavy atom. The Bertz CT molecular complexity index is 1120. The van der Waals surface area contributed by atoms with E-state index in [0.29, 0.717) is 5.82 Å². The fourth-order valence-corrected chi connectivity index (χ4v) is 4.19. The van der Waals surface area contributed by atoms with E-state index in [2.05, 4.69) is 29.4 Å². The molecule has 1 unspecified atom stereocenters. The Morgan fingerprint density at radius 3 is 2.39 bits per heavy atom. The highest BCUT2D eigenvalue weighted by molar-refractivity contribution is 5.93. The minimum Gasteiger partial charge on any atom is -0.354 e. The third-order valence-corrected chi connectivity index (χ3v) is 6.29. The number of nitrogens with one attached hydrogen (secondary N) is 2. The van der Waals surface area contributed by atoms with Gasteiger partial charge in [-0.1, -0.05) is 56.3 Å². The highest BCUT2D eigenvalue weighted by atomic mass is 16.2. The van der Waals surface area contributed by atoms with E-state index in [1.54, 1.807) is 4.68 Å². The fourth-order valence-electron chi connectivity index (χ4n) is 4.19. The summed E-state index contributed by atoms with van der Waals surface area (Å²) in [5.74, 6) is 0.264. The van der Waals surface area contributed by atoms with Crippen LogP contribution in [0.3, 0.4) is 0 Å². The summed E-state index contributed by atoms with van der Waals surface area (Å²) < 4.78 is 1.74. The van der Waals surface area contributed by atoms with E-state index < -0.39 is 0 Å². The van der Waals surface area contributed by atoms with Gasteiger partial charge >= 0.3 is 0 Å². The van der Waals surface area contributed by atoms with Gasteiger partial charge in [0.1, 0.15) is 5.82 Å². The van der Waals surface area contributed by atoms with Gasteiger partial charge in [0, 0.05) is 30.5 Å². The van der Waals surface area contributed by atoms with Crippen LogP contribution in [0.2, 0.25) is 0 Å². The summed E-state index contributed by atoms with van der Waals surface area (Å²) in [7, 11) is 0. The van der Waals surface area contributed by atoms with Crippen molar-refractivity contribution in [2.24, 2.45) is 0 Å². The number of benzene rings is 2. The highest BCUT2D eigenvalue weighted by Crippen LogP contribution is 2.25. The first-order chi connectivity index (χ1) is 17.4. The van der Waals surface area contributed by atoms with E-state index in [4.69, 9.17) is 5.10 Å². The Kier molecular flexibility index (Phi) is 10.2. The van der Waals surface area contributed by atoms with Crippen molar-refractivity contribution in [3.05, 3.63) is 66.2 Å². The van der Waals surface area contributed by atoms with E-state index in [-0.39, 0.29) is 30.7 Å². The van der Waals surface area contributed by atoms with Crippen LogP contribution in [-0.2, 0) is 9.59 Å². The van der Waals surface area contributed by atoms with E-state index in [1.165, 1.54) is 0 Å². The zero-order valence-corrected chi connectivity index (χ0v) is 22.0. The van der Waals surface area contributed by atoms with E-state index in [9.17, 15) is 9.59 Å². The zero-order chi connectivity index (χ0) is 25.9. The number of anilines is 1. The van der Waals surface area contributed by atoms with Gasteiger partial charge in [0.25, 0.3) is 0 Å². The minimum absolute atomic E-state index is 0.0901. The molecule has 36 heavy (non-hydrogen) atoms. The van der Waals surface area contributed by atoms with Gasteiger partial charge in [-0.3, -0.25) is 9.59 Å². The summed E-state index contributed by atoms with van der Waals surface area (Å²) in [5, 5.41) is 10.7. The van der Waals surface area contributed by atoms with Crippen molar-refractivity contribution in [1.29, 1.82) is 0 Å². The molecule has 1 aromatic heterocycles. The normalized spacial score (nSPS) is 11.9. The molecular formula is C29H39N5O2. The molecule has 0 aliphatic heterocycles. The number of amides is 2. The minimum atomic E-state index is -0.215. The van der Waals surface area contributed by atoms with Crippen molar-refractivity contribution < 1.29 is 9.59 Å². The fraction of sp³-hybridized carbons (Fsp3) is 0.414. The number of aryl methyl sites for hydroxylation is 1. The van der Waals surface area contributed by atoms with Gasteiger partial charge in [0.2, 0.25) is 11.8 Å².